The summed E-state index contributed by atoms with van der Waals surface area (Å²) < 4.78 is 5.77. The van der Waals surface area contributed by atoms with E-state index in [9.17, 15) is 0 Å². The average Bonchev–Trinajstić information content (AvgIpc) is 3.14. The Kier molecular flexibility index (Phi) is 6.93. The molecule has 1 unspecified atom stereocenters. The molecular formula is C16H29N3OS. The van der Waals surface area contributed by atoms with Gasteiger partial charge >= 0.3 is 0 Å². The third kappa shape index (κ3) is 4.66. The van der Waals surface area contributed by atoms with Gasteiger partial charge in [0.15, 0.2) is 5.13 Å². The van der Waals surface area contributed by atoms with Crippen LogP contribution in [0.15, 0.2) is 0 Å². The molecule has 4 nitrogen and oxygen atoms in total. The Bertz CT molecular complexity index is 416. The molecule has 0 aliphatic carbocycles. The molecule has 0 spiro atoms. The zero-order chi connectivity index (χ0) is 15.1. The minimum Gasteiger partial charge on any atom is -0.376 e. The molecule has 0 amide bonds. The van der Waals surface area contributed by atoms with Gasteiger partial charge in [-0.3, -0.25) is 0 Å². The van der Waals surface area contributed by atoms with E-state index < -0.39 is 0 Å². The molecule has 2 rings (SSSR count). The molecule has 0 saturated carbocycles. The van der Waals surface area contributed by atoms with Crippen LogP contribution in [-0.2, 0) is 17.7 Å². The average molecular weight is 311 g/mol. The number of anilines is 1. The lowest BCUT2D eigenvalue weighted by molar-refractivity contribution is 0.115. The fourth-order valence-corrected chi connectivity index (χ4v) is 3.87. The monoisotopic (exact) mass is 311 g/mol. The first kappa shape index (κ1) is 16.7. The third-order valence-corrected chi connectivity index (χ3v) is 5.07. The van der Waals surface area contributed by atoms with Crippen LogP contribution in [0, 0.1) is 0 Å². The maximum atomic E-state index is 5.77. The van der Waals surface area contributed by atoms with Crippen molar-refractivity contribution in [2.45, 2.75) is 59.1 Å². The van der Waals surface area contributed by atoms with E-state index in [1.54, 1.807) is 0 Å². The van der Waals surface area contributed by atoms with Crippen LogP contribution in [-0.4, -0.2) is 37.3 Å². The highest BCUT2D eigenvalue weighted by molar-refractivity contribution is 7.15. The summed E-state index contributed by atoms with van der Waals surface area (Å²) in [6.07, 6.45) is 4.96. The van der Waals surface area contributed by atoms with Gasteiger partial charge < -0.3 is 15.0 Å². The van der Waals surface area contributed by atoms with E-state index in [-0.39, 0.29) is 0 Å². The Hall–Kier alpha value is -0.650. The number of aromatic nitrogens is 1. The zero-order valence-corrected chi connectivity index (χ0v) is 14.5. The molecule has 1 aliphatic rings. The first-order chi connectivity index (χ1) is 10.3. The van der Waals surface area contributed by atoms with Crippen LogP contribution >= 0.6 is 11.3 Å². The van der Waals surface area contributed by atoms with Crippen molar-refractivity contribution < 1.29 is 4.74 Å². The van der Waals surface area contributed by atoms with Crippen molar-refractivity contribution in [3.8, 4) is 0 Å². The second-order valence-corrected chi connectivity index (χ2v) is 6.63. The molecule has 1 fully saturated rings. The van der Waals surface area contributed by atoms with Gasteiger partial charge in [0.1, 0.15) is 0 Å². The molecule has 0 radical (unpaired) electrons. The number of rotatable bonds is 9. The number of likely N-dealkylation sites (N-methyl/N-ethyl adjacent to an activating group) is 1. The minimum absolute atomic E-state index is 0.389. The summed E-state index contributed by atoms with van der Waals surface area (Å²) >= 11 is 1.85. The van der Waals surface area contributed by atoms with Crippen molar-refractivity contribution in [2.75, 3.05) is 31.1 Å². The molecule has 21 heavy (non-hydrogen) atoms. The normalized spacial score (nSPS) is 18.3. The van der Waals surface area contributed by atoms with Gasteiger partial charge in [-0.1, -0.05) is 13.8 Å². The van der Waals surface area contributed by atoms with E-state index in [0.717, 1.165) is 44.3 Å². The predicted molar refractivity (Wildman–Crippen MR) is 90.4 cm³/mol. The van der Waals surface area contributed by atoms with Crippen molar-refractivity contribution in [3.63, 3.8) is 0 Å². The minimum atomic E-state index is 0.389. The molecule has 1 aliphatic heterocycles. The van der Waals surface area contributed by atoms with Crippen LogP contribution in [0.3, 0.4) is 0 Å². The number of hydrogen-bond donors (Lipinski definition) is 1. The first-order valence-corrected chi connectivity index (χ1v) is 9.15. The predicted octanol–water partition coefficient (Wildman–Crippen LogP) is 3.21. The van der Waals surface area contributed by atoms with E-state index in [0.29, 0.717) is 6.10 Å². The van der Waals surface area contributed by atoms with E-state index >= 15 is 0 Å². The summed E-state index contributed by atoms with van der Waals surface area (Å²) in [5, 5.41) is 4.66. The molecule has 1 atom stereocenters. The number of nitrogens with one attached hydrogen (secondary N) is 1. The van der Waals surface area contributed by atoms with E-state index in [2.05, 4.69) is 31.0 Å². The molecule has 1 saturated heterocycles. The quantitative estimate of drug-likeness (QED) is 0.711. The van der Waals surface area contributed by atoms with Gasteiger partial charge in [0, 0.05) is 31.1 Å². The summed E-state index contributed by atoms with van der Waals surface area (Å²) in [7, 11) is 0. The van der Waals surface area contributed by atoms with Gasteiger partial charge in [0.25, 0.3) is 0 Å². The van der Waals surface area contributed by atoms with Gasteiger partial charge in [0.05, 0.1) is 11.8 Å². The summed E-state index contributed by atoms with van der Waals surface area (Å²) in [4.78, 5) is 8.64. The zero-order valence-electron chi connectivity index (χ0n) is 13.7. The second-order valence-electron chi connectivity index (χ2n) is 5.57. The van der Waals surface area contributed by atoms with Crippen molar-refractivity contribution in [1.29, 1.82) is 0 Å². The summed E-state index contributed by atoms with van der Waals surface area (Å²) in [5.41, 5.74) is 1.25. The number of hydrogen-bond acceptors (Lipinski definition) is 5. The highest BCUT2D eigenvalue weighted by Crippen LogP contribution is 2.28. The fourth-order valence-electron chi connectivity index (χ4n) is 2.67. The lowest BCUT2D eigenvalue weighted by Crippen LogP contribution is -2.31. The van der Waals surface area contributed by atoms with Crippen molar-refractivity contribution in [1.82, 2.24) is 10.3 Å². The van der Waals surface area contributed by atoms with Crippen LogP contribution in [0.25, 0.3) is 0 Å². The SMILES string of the molecule is CCCNCc1sc(N(CC)CC2CCCO2)nc1CC. The van der Waals surface area contributed by atoms with Crippen LogP contribution < -0.4 is 10.2 Å². The Morgan fingerprint density at radius 2 is 2.24 bits per heavy atom. The van der Waals surface area contributed by atoms with Gasteiger partial charge in [0.2, 0.25) is 0 Å². The maximum Gasteiger partial charge on any atom is 0.185 e. The van der Waals surface area contributed by atoms with Crippen LogP contribution in [0.4, 0.5) is 5.13 Å². The molecule has 0 aromatic carbocycles. The lowest BCUT2D eigenvalue weighted by Gasteiger charge is -2.23. The topological polar surface area (TPSA) is 37.4 Å². The molecule has 1 aromatic heterocycles. The van der Waals surface area contributed by atoms with Crippen molar-refractivity contribution in [3.05, 3.63) is 10.6 Å². The molecule has 2 heterocycles. The Morgan fingerprint density at radius 3 is 2.86 bits per heavy atom. The molecule has 0 bridgehead atoms. The summed E-state index contributed by atoms with van der Waals surface area (Å²) in [6.45, 7) is 11.5. The van der Waals surface area contributed by atoms with Crippen LogP contribution in [0.5, 0.6) is 0 Å². The Balaban J connectivity index is 2.02. The van der Waals surface area contributed by atoms with E-state index in [1.807, 2.05) is 11.3 Å². The first-order valence-electron chi connectivity index (χ1n) is 8.34. The molecule has 1 aromatic rings. The lowest BCUT2D eigenvalue weighted by atomic mass is 10.2. The van der Waals surface area contributed by atoms with E-state index in [1.165, 1.54) is 29.8 Å². The van der Waals surface area contributed by atoms with Crippen LogP contribution in [0.1, 0.15) is 50.6 Å². The molecular weight excluding hydrogens is 282 g/mol. The van der Waals surface area contributed by atoms with Gasteiger partial charge in [-0.2, -0.15) is 0 Å². The third-order valence-electron chi connectivity index (χ3n) is 3.91. The number of ether oxygens (including phenoxy) is 1. The summed E-state index contributed by atoms with van der Waals surface area (Å²) in [5.74, 6) is 0. The summed E-state index contributed by atoms with van der Waals surface area (Å²) in [6, 6.07) is 0. The Labute approximate surface area is 132 Å². The molecule has 120 valence electrons. The van der Waals surface area contributed by atoms with Crippen LogP contribution in [0.2, 0.25) is 0 Å². The van der Waals surface area contributed by atoms with Crippen molar-refractivity contribution >= 4 is 16.5 Å². The smallest absolute Gasteiger partial charge is 0.185 e. The fraction of sp³-hybridized carbons (Fsp3) is 0.812. The number of aryl methyl sites for hydroxylation is 1. The Morgan fingerprint density at radius 1 is 1.38 bits per heavy atom. The molecule has 5 heteroatoms. The standard InChI is InChI=1S/C16H29N3OS/c1-4-9-17-11-15-14(5-2)18-16(21-15)19(6-3)12-13-8-7-10-20-13/h13,17H,4-12H2,1-3H3. The highest BCUT2D eigenvalue weighted by atomic mass is 32.1. The second kappa shape index (κ2) is 8.71. The van der Waals surface area contributed by atoms with Crippen molar-refractivity contribution in [2.24, 2.45) is 0 Å². The van der Waals surface area contributed by atoms with Gasteiger partial charge in [-0.15, -0.1) is 11.3 Å². The number of nitrogens with zero attached hydrogens (tertiary/aromatic N) is 2. The van der Waals surface area contributed by atoms with Gasteiger partial charge in [-0.05, 0) is 39.2 Å². The largest absolute Gasteiger partial charge is 0.376 e. The van der Waals surface area contributed by atoms with Gasteiger partial charge in [-0.25, -0.2) is 4.98 Å². The van der Waals surface area contributed by atoms with E-state index in [4.69, 9.17) is 9.72 Å². The maximum absolute atomic E-state index is 5.77. The highest BCUT2D eigenvalue weighted by Gasteiger charge is 2.21. The number of thiazole rings is 1. The molecule has 1 N–H and O–H groups in total.